The zero-order valence-corrected chi connectivity index (χ0v) is 14.3. The molecule has 1 aromatic carbocycles. The molecule has 0 spiro atoms. The quantitative estimate of drug-likeness (QED) is 0.774. The Kier molecular flexibility index (Phi) is 3.96. The van der Waals surface area contributed by atoms with Crippen molar-refractivity contribution in [2.75, 3.05) is 6.54 Å². The zero-order chi connectivity index (χ0) is 17.4. The number of carbonyl (C=O) groups excluding carboxylic acids is 2. The van der Waals surface area contributed by atoms with Crippen LogP contribution >= 0.6 is 11.3 Å². The molecular formula is C17H17N5O2S. The normalized spacial score (nSPS) is 17.3. The largest absolute Gasteiger partial charge is 0.365 e. The number of nitrogens with two attached hydrogens (primary N) is 1. The van der Waals surface area contributed by atoms with Crippen LogP contribution in [0.4, 0.5) is 0 Å². The highest BCUT2D eigenvalue weighted by Gasteiger charge is 2.31. The Labute approximate surface area is 148 Å². The second-order valence-corrected chi connectivity index (χ2v) is 7.15. The van der Waals surface area contributed by atoms with E-state index in [2.05, 4.69) is 10.2 Å². The topological polar surface area (TPSA) is 94.1 Å². The minimum absolute atomic E-state index is 0.00409. The summed E-state index contributed by atoms with van der Waals surface area (Å²) in [5.74, 6) is -0.448. The maximum absolute atomic E-state index is 12.8. The van der Waals surface area contributed by atoms with Crippen molar-refractivity contribution in [3.05, 3.63) is 46.2 Å². The molecular weight excluding hydrogens is 338 g/mol. The van der Waals surface area contributed by atoms with Gasteiger partial charge < -0.3 is 10.6 Å². The molecule has 0 radical (unpaired) electrons. The van der Waals surface area contributed by atoms with Gasteiger partial charge in [0.2, 0.25) is 5.91 Å². The maximum Gasteiger partial charge on any atom is 0.258 e. The van der Waals surface area contributed by atoms with Crippen molar-refractivity contribution in [2.24, 2.45) is 5.73 Å². The van der Waals surface area contributed by atoms with E-state index in [0.29, 0.717) is 11.4 Å². The summed E-state index contributed by atoms with van der Waals surface area (Å²) in [6.07, 6.45) is 1.83. The monoisotopic (exact) mass is 355 g/mol. The van der Waals surface area contributed by atoms with Gasteiger partial charge in [-0.3, -0.25) is 9.59 Å². The first-order valence-corrected chi connectivity index (χ1v) is 8.92. The van der Waals surface area contributed by atoms with Crippen LogP contribution in [0.3, 0.4) is 0 Å². The molecule has 2 N–H and O–H groups in total. The molecule has 3 heterocycles. The molecule has 0 unspecified atom stereocenters. The number of primary amides is 1. The van der Waals surface area contributed by atoms with Crippen molar-refractivity contribution in [2.45, 2.75) is 25.4 Å². The molecule has 0 saturated carbocycles. The number of amides is 2. The molecule has 25 heavy (non-hydrogen) atoms. The van der Waals surface area contributed by atoms with E-state index in [1.54, 1.807) is 6.07 Å². The summed E-state index contributed by atoms with van der Waals surface area (Å²) in [6.45, 7) is 0.813. The highest BCUT2D eigenvalue weighted by Crippen LogP contribution is 2.36. The smallest absolute Gasteiger partial charge is 0.258 e. The Bertz CT molecular complexity index is 914. The van der Waals surface area contributed by atoms with Crippen molar-refractivity contribution in [1.82, 2.24) is 19.9 Å². The fourth-order valence-corrected chi connectivity index (χ4v) is 4.22. The van der Waals surface area contributed by atoms with Gasteiger partial charge >= 0.3 is 0 Å². The Morgan fingerprint density at radius 1 is 1.16 bits per heavy atom. The lowest BCUT2D eigenvalue weighted by molar-refractivity contribution is -0.133. The molecule has 0 bridgehead atoms. The summed E-state index contributed by atoms with van der Waals surface area (Å²) >= 11 is 1.36. The summed E-state index contributed by atoms with van der Waals surface area (Å²) in [5, 5.41) is 8.70. The van der Waals surface area contributed by atoms with E-state index in [0.717, 1.165) is 28.8 Å². The molecule has 7 nitrogen and oxygen atoms in total. The lowest BCUT2D eigenvalue weighted by Gasteiger charge is -2.23. The summed E-state index contributed by atoms with van der Waals surface area (Å²) in [4.78, 5) is 28.9. The van der Waals surface area contributed by atoms with Crippen molar-refractivity contribution in [1.29, 1.82) is 0 Å². The average Bonchev–Trinajstić information content (AvgIpc) is 3.32. The van der Waals surface area contributed by atoms with E-state index in [1.807, 2.05) is 35.2 Å². The maximum atomic E-state index is 12.8. The third kappa shape index (κ3) is 3.00. The summed E-state index contributed by atoms with van der Waals surface area (Å²) in [5.41, 5.74) is 6.88. The third-order valence-corrected chi connectivity index (χ3v) is 5.58. The van der Waals surface area contributed by atoms with E-state index in [4.69, 9.17) is 5.73 Å². The molecule has 1 fully saturated rings. The van der Waals surface area contributed by atoms with Crippen LogP contribution in [0.15, 0.2) is 36.4 Å². The summed E-state index contributed by atoms with van der Waals surface area (Å²) < 4.78 is 0. The SMILES string of the molecule is NC(=O)c1ccc([C@H]2CCCN2C(=O)Cn2nc3ccccc3n2)s1. The highest BCUT2D eigenvalue weighted by atomic mass is 32.1. The number of rotatable bonds is 4. The Morgan fingerprint density at radius 3 is 2.52 bits per heavy atom. The fourth-order valence-electron chi connectivity index (χ4n) is 3.21. The number of nitrogens with zero attached hydrogens (tertiary/aromatic N) is 4. The summed E-state index contributed by atoms with van der Waals surface area (Å²) in [7, 11) is 0. The second kappa shape index (κ2) is 6.29. The van der Waals surface area contributed by atoms with Crippen LogP contribution < -0.4 is 5.73 Å². The lowest BCUT2D eigenvalue weighted by Crippen LogP contribution is -2.33. The van der Waals surface area contributed by atoms with Gasteiger partial charge in [-0.05, 0) is 37.1 Å². The molecule has 2 aromatic heterocycles. The minimum Gasteiger partial charge on any atom is -0.365 e. The van der Waals surface area contributed by atoms with Gasteiger partial charge in [0, 0.05) is 11.4 Å². The minimum atomic E-state index is -0.431. The standard InChI is InChI=1S/C17H17N5O2S/c18-17(24)15-8-7-14(25-15)13-6-3-9-21(13)16(23)10-22-19-11-4-1-2-5-12(11)20-22/h1-2,4-5,7-8,13H,3,6,9-10H2,(H2,18,24)/t13-/m1/s1. The van der Waals surface area contributed by atoms with Gasteiger partial charge in [0.25, 0.3) is 5.91 Å². The van der Waals surface area contributed by atoms with Crippen LogP contribution in [0.5, 0.6) is 0 Å². The van der Waals surface area contributed by atoms with E-state index in [9.17, 15) is 9.59 Å². The molecule has 1 aliphatic rings. The van der Waals surface area contributed by atoms with E-state index in [1.165, 1.54) is 16.1 Å². The van der Waals surface area contributed by atoms with Crippen LogP contribution in [0, 0.1) is 0 Å². The first-order valence-electron chi connectivity index (χ1n) is 8.11. The molecule has 2 amide bonds. The Balaban J connectivity index is 1.52. The van der Waals surface area contributed by atoms with E-state index >= 15 is 0 Å². The van der Waals surface area contributed by atoms with E-state index < -0.39 is 5.91 Å². The van der Waals surface area contributed by atoms with Gasteiger partial charge in [-0.25, -0.2) is 0 Å². The van der Waals surface area contributed by atoms with Crippen LogP contribution in [-0.2, 0) is 11.3 Å². The first-order chi connectivity index (χ1) is 12.1. The van der Waals surface area contributed by atoms with Crippen molar-refractivity contribution >= 4 is 34.2 Å². The number of thiophene rings is 1. The van der Waals surface area contributed by atoms with Gasteiger partial charge in [-0.1, -0.05) is 12.1 Å². The average molecular weight is 355 g/mol. The van der Waals surface area contributed by atoms with Crippen molar-refractivity contribution in [3.8, 4) is 0 Å². The second-order valence-electron chi connectivity index (χ2n) is 6.03. The molecule has 8 heteroatoms. The van der Waals surface area contributed by atoms with Gasteiger partial charge in [0.15, 0.2) is 0 Å². The fraction of sp³-hybridized carbons (Fsp3) is 0.294. The number of aromatic nitrogens is 3. The van der Waals surface area contributed by atoms with Crippen molar-refractivity contribution in [3.63, 3.8) is 0 Å². The van der Waals surface area contributed by atoms with Crippen LogP contribution in [-0.4, -0.2) is 38.3 Å². The Morgan fingerprint density at radius 2 is 1.88 bits per heavy atom. The number of carbonyl (C=O) groups is 2. The van der Waals surface area contributed by atoms with Crippen LogP contribution in [0.2, 0.25) is 0 Å². The Hall–Kier alpha value is -2.74. The number of hydrogen-bond acceptors (Lipinski definition) is 5. The van der Waals surface area contributed by atoms with Gasteiger partial charge in [0.1, 0.15) is 17.6 Å². The van der Waals surface area contributed by atoms with Crippen molar-refractivity contribution < 1.29 is 9.59 Å². The molecule has 1 aliphatic heterocycles. The molecule has 0 aliphatic carbocycles. The van der Waals surface area contributed by atoms with Gasteiger partial charge in [-0.15, -0.1) is 11.3 Å². The third-order valence-electron chi connectivity index (χ3n) is 4.38. The lowest BCUT2D eigenvalue weighted by atomic mass is 10.2. The van der Waals surface area contributed by atoms with Gasteiger partial charge in [-0.2, -0.15) is 15.0 Å². The number of likely N-dealkylation sites (tertiary alicyclic amines) is 1. The molecule has 1 atom stereocenters. The molecule has 4 rings (SSSR count). The first kappa shape index (κ1) is 15.8. The predicted octanol–water partition coefficient (Wildman–Crippen LogP) is 1.96. The summed E-state index contributed by atoms with van der Waals surface area (Å²) in [6, 6.07) is 11.2. The zero-order valence-electron chi connectivity index (χ0n) is 13.5. The number of benzene rings is 1. The van der Waals surface area contributed by atoms with Crippen LogP contribution in [0.1, 0.15) is 33.4 Å². The predicted molar refractivity (Wildman–Crippen MR) is 94.1 cm³/mol. The van der Waals surface area contributed by atoms with E-state index in [-0.39, 0.29) is 18.5 Å². The number of fused-ring (bicyclic) bond motifs is 1. The molecule has 3 aromatic rings. The van der Waals surface area contributed by atoms with Crippen LogP contribution in [0.25, 0.3) is 11.0 Å². The highest BCUT2D eigenvalue weighted by molar-refractivity contribution is 7.14. The van der Waals surface area contributed by atoms with Gasteiger partial charge in [0.05, 0.1) is 10.9 Å². The molecule has 1 saturated heterocycles. The number of hydrogen-bond donors (Lipinski definition) is 1. The molecule has 128 valence electrons.